The van der Waals surface area contributed by atoms with E-state index < -0.39 is 0 Å². The molecule has 0 fully saturated rings. The molecule has 2 N–H and O–H groups in total. The minimum absolute atomic E-state index is 0.0864. The molecule has 0 atom stereocenters. The average Bonchev–Trinajstić information content (AvgIpc) is 2.58. The van der Waals surface area contributed by atoms with Gasteiger partial charge in [-0.15, -0.1) is 0 Å². The molecule has 5 nitrogen and oxygen atoms in total. The van der Waals surface area contributed by atoms with Gasteiger partial charge < -0.3 is 10.2 Å². The van der Waals surface area contributed by atoms with Gasteiger partial charge in [0.1, 0.15) is 0 Å². The van der Waals surface area contributed by atoms with Crippen molar-refractivity contribution in [2.75, 3.05) is 18.6 Å². The van der Waals surface area contributed by atoms with Crippen LogP contribution in [0.2, 0.25) is 0 Å². The van der Waals surface area contributed by atoms with Gasteiger partial charge in [-0.2, -0.15) is 5.10 Å². The molecule has 1 amide bonds. The van der Waals surface area contributed by atoms with Crippen LogP contribution in [-0.2, 0) is 6.42 Å². The summed E-state index contributed by atoms with van der Waals surface area (Å²) in [5, 5.41) is 9.70. The Morgan fingerprint density at radius 1 is 1.57 bits per heavy atom. The summed E-state index contributed by atoms with van der Waals surface area (Å²) in [6.07, 6.45) is 1.98. The molecule has 1 aromatic rings. The molecule has 76 valence electrons. The maximum absolute atomic E-state index is 11.4. The summed E-state index contributed by atoms with van der Waals surface area (Å²) in [6, 6.07) is 0. The number of aromatic nitrogens is 2. The van der Waals surface area contributed by atoms with Crippen LogP contribution in [0.1, 0.15) is 29.5 Å². The highest BCUT2D eigenvalue weighted by Gasteiger charge is 2.26. The quantitative estimate of drug-likeness (QED) is 0.720. The monoisotopic (exact) mass is 194 g/mol. The maximum atomic E-state index is 11.4. The van der Waals surface area contributed by atoms with Gasteiger partial charge in [-0.3, -0.25) is 9.89 Å². The van der Waals surface area contributed by atoms with E-state index in [0.29, 0.717) is 12.4 Å². The van der Waals surface area contributed by atoms with E-state index in [0.717, 1.165) is 24.2 Å². The van der Waals surface area contributed by atoms with Gasteiger partial charge in [0.25, 0.3) is 5.91 Å². The van der Waals surface area contributed by atoms with Crippen LogP contribution < -0.4 is 10.2 Å². The molecule has 0 unspecified atom stereocenters. The third-order valence-electron chi connectivity index (χ3n) is 2.39. The first-order valence-electron chi connectivity index (χ1n) is 4.80. The second-order valence-corrected chi connectivity index (χ2v) is 3.51. The van der Waals surface area contributed by atoms with Crippen molar-refractivity contribution >= 4 is 11.6 Å². The van der Waals surface area contributed by atoms with Crippen LogP contribution in [0.5, 0.6) is 0 Å². The highest BCUT2D eigenvalue weighted by atomic mass is 16.2. The molecule has 1 aliphatic rings. The van der Waals surface area contributed by atoms with Gasteiger partial charge in [-0.05, 0) is 6.42 Å². The van der Waals surface area contributed by atoms with Crippen molar-refractivity contribution in [1.29, 1.82) is 0 Å². The van der Waals surface area contributed by atoms with Crippen molar-refractivity contribution in [2.45, 2.75) is 19.8 Å². The molecule has 0 saturated carbocycles. The number of hydrogen-bond acceptors (Lipinski definition) is 3. The Labute approximate surface area is 82.5 Å². The van der Waals surface area contributed by atoms with Crippen LogP contribution in [0.4, 0.5) is 5.69 Å². The summed E-state index contributed by atoms with van der Waals surface area (Å²) >= 11 is 0. The molecule has 5 heteroatoms. The van der Waals surface area contributed by atoms with Gasteiger partial charge in [0.15, 0.2) is 5.69 Å². The zero-order valence-corrected chi connectivity index (χ0v) is 8.42. The average molecular weight is 194 g/mol. The van der Waals surface area contributed by atoms with E-state index in [4.69, 9.17) is 0 Å². The van der Waals surface area contributed by atoms with E-state index in [1.807, 2.05) is 11.9 Å². The van der Waals surface area contributed by atoms with Gasteiger partial charge in [-0.25, -0.2) is 0 Å². The van der Waals surface area contributed by atoms with Crippen molar-refractivity contribution in [2.24, 2.45) is 0 Å². The lowest BCUT2D eigenvalue weighted by molar-refractivity contribution is 0.0943. The van der Waals surface area contributed by atoms with Gasteiger partial charge in [0.05, 0.1) is 18.1 Å². The van der Waals surface area contributed by atoms with Crippen LogP contribution in [0.3, 0.4) is 0 Å². The van der Waals surface area contributed by atoms with Crippen LogP contribution in [-0.4, -0.2) is 29.8 Å². The number of hydrogen-bond donors (Lipinski definition) is 2. The van der Waals surface area contributed by atoms with Crippen LogP contribution in [0.25, 0.3) is 0 Å². The molecular formula is C9H14N4O. The highest BCUT2D eigenvalue weighted by molar-refractivity contribution is 6.00. The second-order valence-electron chi connectivity index (χ2n) is 3.51. The summed E-state index contributed by atoms with van der Waals surface area (Å²) in [6.45, 7) is 2.66. The van der Waals surface area contributed by atoms with Gasteiger partial charge in [0, 0.05) is 7.05 Å². The number of aryl methyl sites for hydroxylation is 1. The van der Waals surface area contributed by atoms with Crippen molar-refractivity contribution in [3.8, 4) is 0 Å². The van der Waals surface area contributed by atoms with Gasteiger partial charge in [0.2, 0.25) is 0 Å². The Kier molecular flexibility index (Phi) is 2.15. The summed E-state index contributed by atoms with van der Waals surface area (Å²) < 4.78 is 0. The lowest BCUT2D eigenvalue weighted by Gasteiger charge is -2.24. The molecule has 0 radical (unpaired) electrons. The minimum atomic E-state index is -0.0864. The Bertz CT molecular complexity index is 358. The summed E-state index contributed by atoms with van der Waals surface area (Å²) in [7, 11) is 1.95. The molecule has 0 saturated heterocycles. The normalized spacial score (nSPS) is 15.3. The predicted octanol–water partition coefficient (Wildman–Crippen LogP) is 0.499. The Morgan fingerprint density at radius 2 is 2.36 bits per heavy atom. The smallest absolute Gasteiger partial charge is 0.275 e. The first kappa shape index (κ1) is 9.05. The largest absolute Gasteiger partial charge is 0.354 e. The maximum Gasteiger partial charge on any atom is 0.275 e. The number of carbonyl (C=O) groups excluding carboxylic acids is 1. The minimum Gasteiger partial charge on any atom is -0.354 e. The molecule has 2 rings (SSSR count). The van der Waals surface area contributed by atoms with E-state index in [1.165, 1.54) is 0 Å². The fourth-order valence-electron chi connectivity index (χ4n) is 1.72. The van der Waals surface area contributed by atoms with Crippen LogP contribution in [0, 0.1) is 0 Å². The predicted molar refractivity (Wildman–Crippen MR) is 53.3 cm³/mol. The molecule has 0 bridgehead atoms. The first-order valence-corrected chi connectivity index (χ1v) is 4.80. The van der Waals surface area contributed by atoms with Crippen LogP contribution in [0.15, 0.2) is 0 Å². The Balaban J connectivity index is 2.42. The number of carbonyl (C=O) groups is 1. The Morgan fingerprint density at radius 3 is 3.07 bits per heavy atom. The molecule has 14 heavy (non-hydrogen) atoms. The fraction of sp³-hybridized carbons (Fsp3) is 0.556. The summed E-state index contributed by atoms with van der Waals surface area (Å²) in [5.41, 5.74) is 2.53. The van der Waals surface area contributed by atoms with Crippen molar-refractivity contribution in [3.05, 3.63) is 11.4 Å². The standard InChI is InChI=1S/C9H14N4O/c1-3-4-6-8-7(12-11-6)9(14)10-5-13(8)2/h3-5H2,1-2H3,(H,10,14)(H,11,12). The molecule has 1 aliphatic heterocycles. The highest BCUT2D eigenvalue weighted by Crippen LogP contribution is 2.25. The number of nitrogens with one attached hydrogen (secondary N) is 2. The molecule has 0 aromatic carbocycles. The van der Waals surface area contributed by atoms with Crippen molar-refractivity contribution < 1.29 is 4.79 Å². The number of H-pyrrole nitrogens is 1. The lowest BCUT2D eigenvalue weighted by Crippen LogP contribution is -2.41. The number of rotatable bonds is 2. The zero-order chi connectivity index (χ0) is 10.1. The van der Waals surface area contributed by atoms with E-state index in [2.05, 4.69) is 22.4 Å². The lowest BCUT2D eigenvalue weighted by atomic mass is 10.1. The SMILES string of the molecule is CCCc1[nH]nc2c1N(C)CNC2=O. The van der Waals surface area contributed by atoms with Gasteiger partial charge >= 0.3 is 0 Å². The second kappa shape index (κ2) is 3.32. The Hall–Kier alpha value is -1.52. The van der Waals surface area contributed by atoms with E-state index in [1.54, 1.807) is 0 Å². The molecule has 0 aliphatic carbocycles. The topological polar surface area (TPSA) is 61.0 Å². The van der Waals surface area contributed by atoms with Crippen LogP contribution >= 0.6 is 0 Å². The number of anilines is 1. The van der Waals surface area contributed by atoms with Crippen molar-refractivity contribution in [3.63, 3.8) is 0 Å². The fourth-order valence-corrected chi connectivity index (χ4v) is 1.72. The van der Waals surface area contributed by atoms with Gasteiger partial charge in [-0.1, -0.05) is 13.3 Å². The number of nitrogens with zero attached hydrogens (tertiary/aromatic N) is 2. The van der Waals surface area contributed by atoms with Crippen molar-refractivity contribution in [1.82, 2.24) is 15.5 Å². The molecular weight excluding hydrogens is 180 g/mol. The molecule has 0 spiro atoms. The number of amides is 1. The van der Waals surface area contributed by atoms with E-state index >= 15 is 0 Å². The molecule has 1 aromatic heterocycles. The zero-order valence-electron chi connectivity index (χ0n) is 8.42. The number of fused-ring (bicyclic) bond motifs is 1. The summed E-state index contributed by atoms with van der Waals surface area (Å²) in [4.78, 5) is 13.4. The number of aromatic amines is 1. The third kappa shape index (κ3) is 1.25. The molecule has 2 heterocycles. The third-order valence-corrected chi connectivity index (χ3v) is 2.39. The first-order chi connectivity index (χ1) is 6.74. The summed E-state index contributed by atoms with van der Waals surface area (Å²) in [5.74, 6) is -0.0864. The van der Waals surface area contributed by atoms with E-state index in [9.17, 15) is 4.79 Å². The van der Waals surface area contributed by atoms with E-state index in [-0.39, 0.29) is 5.91 Å².